The molecule has 3 aromatic rings. The van der Waals surface area contributed by atoms with E-state index in [9.17, 15) is 0 Å². The summed E-state index contributed by atoms with van der Waals surface area (Å²) in [4.78, 5) is 10.1. The summed E-state index contributed by atoms with van der Waals surface area (Å²) in [7, 11) is 1.76. The minimum Gasteiger partial charge on any atom is -0.478 e. The Hall–Kier alpha value is -3.29. The Balaban J connectivity index is 1.64. The highest BCUT2D eigenvalue weighted by molar-refractivity contribution is 6.10. The molecule has 2 aromatic heterocycles. The maximum atomic E-state index is 5.73. The van der Waals surface area contributed by atoms with Crippen molar-refractivity contribution in [3.63, 3.8) is 0 Å². The molecule has 2 heterocycles. The second kappa shape index (κ2) is 10.9. The van der Waals surface area contributed by atoms with Crippen molar-refractivity contribution in [1.29, 1.82) is 0 Å². The van der Waals surface area contributed by atoms with Crippen molar-refractivity contribution >= 4 is 5.71 Å². The Labute approximate surface area is 170 Å². The summed E-state index contributed by atoms with van der Waals surface area (Å²) in [6.07, 6.45) is 4.65. The number of unbranched alkanes of at least 4 members (excludes halogenated alkanes) is 3. The van der Waals surface area contributed by atoms with Crippen LogP contribution >= 0.6 is 0 Å². The summed E-state index contributed by atoms with van der Waals surface area (Å²) in [5.41, 5.74) is 2.16. The summed E-state index contributed by atoms with van der Waals surface area (Å²) in [5, 5.41) is 15.9. The van der Waals surface area contributed by atoms with Gasteiger partial charge in [0.05, 0.1) is 12.3 Å². The highest BCUT2D eigenvalue weighted by atomic mass is 16.6. The summed E-state index contributed by atoms with van der Waals surface area (Å²) in [6.45, 7) is 3.08. The molecule has 1 aromatic carbocycles. The van der Waals surface area contributed by atoms with Gasteiger partial charge in [-0.3, -0.25) is 0 Å². The Morgan fingerprint density at radius 3 is 2.66 bits per heavy atom. The van der Waals surface area contributed by atoms with Gasteiger partial charge in [0.1, 0.15) is 0 Å². The van der Waals surface area contributed by atoms with Gasteiger partial charge in [0, 0.05) is 18.7 Å². The topological polar surface area (TPSA) is 87.3 Å². The van der Waals surface area contributed by atoms with E-state index in [0.29, 0.717) is 24.0 Å². The van der Waals surface area contributed by atoms with Crippen molar-refractivity contribution < 1.29 is 9.57 Å². The maximum absolute atomic E-state index is 5.73. The van der Waals surface area contributed by atoms with E-state index in [1.54, 1.807) is 11.7 Å². The van der Waals surface area contributed by atoms with Crippen LogP contribution in [0.25, 0.3) is 0 Å². The summed E-state index contributed by atoms with van der Waals surface area (Å²) in [5.74, 6) is 1.13. The van der Waals surface area contributed by atoms with Gasteiger partial charge in [0.25, 0.3) is 0 Å². The first-order valence-electron chi connectivity index (χ1n) is 9.84. The van der Waals surface area contributed by atoms with Crippen molar-refractivity contribution in [2.24, 2.45) is 12.2 Å². The third-order valence-corrected chi connectivity index (χ3v) is 4.28. The predicted octanol–water partition coefficient (Wildman–Crippen LogP) is 3.53. The molecule has 0 amide bonds. The van der Waals surface area contributed by atoms with Crippen molar-refractivity contribution in [1.82, 2.24) is 25.2 Å². The second-order valence-corrected chi connectivity index (χ2v) is 6.58. The lowest BCUT2D eigenvalue weighted by molar-refractivity contribution is 0.127. The minimum atomic E-state index is 0.217. The lowest BCUT2D eigenvalue weighted by Gasteiger charge is -2.08. The molecule has 0 bridgehead atoms. The summed E-state index contributed by atoms with van der Waals surface area (Å²) in [6, 6.07) is 15.3. The van der Waals surface area contributed by atoms with Gasteiger partial charge in [-0.1, -0.05) is 67.7 Å². The smallest absolute Gasteiger partial charge is 0.213 e. The fraction of sp³-hybridized carbons (Fsp3) is 0.381. The number of benzene rings is 1. The third kappa shape index (κ3) is 6.10. The van der Waals surface area contributed by atoms with Crippen LogP contribution in [0.5, 0.6) is 5.88 Å². The molecule has 0 aliphatic carbocycles. The molecule has 0 spiro atoms. The number of oxime groups is 1. The van der Waals surface area contributed by atoms with Gasteiger partial charge in [0.2, 0.25) is 11.7 Å². The van der Waals surface area contributed by atoms with E-state index >= 15 is 0 Å². The van der Waals surface area contributed by atoms with Crippen LogP contribution in [0, 0.1) is 0 Å². The molecule has 0 fully saturated rings. The SMILES string of the molecule is CCCCCCOc1cccc(CO/N=C(\c2ccccc2)c2nnnn2C)n1. The van der Waals surface area contributed by atoms with Gasteiger partial charge < -0.3 is 9.57 Å². The van der Waals surface area contributed by atoms with Crippen LogP contribution in [0.2, 0.25) is 0 Å². The van der Waals surface area contributed by atoms with E-state index in [0.717, 1.165) is 17.7 Å². The van der Waals surface area contributed by atoms with Gasteiger partial charge in [-0.15, -0.1) is 5.10 Å². The Morgan fingerprint density at radius 2 is 1.90 bits per heavy atom. The van der Waals surface area contributed by atoms with Crippen LogP contribution in [0.4, 0.5) is 0 Å². The molecule has 0 saturated heterocycles. The van der Waals surface area contributed by atoms with E-state index < -0.39 is 0 Å². The van der Waals surface area contributed by atoms with Gasteiger partial charge in [-0.2, -0.15) is 0 Å². The largest absolute Gasteiger partial charge is 0.478 e. The maximum Gasteiger partial charge on any atom is 0.213 e. The fourth-order valence-corrected chi connectivity index (χ4v) is 2.74. The lowest BCUT2D eigenvalue weighted by atomic mass is 10.1. The lowest BCUT2D eigenvalue weighted by Crippen LogP contribution is -2.12. The van der Waals surface area contributed by atoms with Crippen LogP contribution in [-0.2, 0) is 18.5 Å². The normalized spacial score (nSPS) is 11.4. The van der Waals surface area contributed by atoms with Crippen molar-refractivity contribution in [3.8, 4) is 5.88 Å². The van der Waals surface area contributed by atoms with Crippen LogP contribution in [0.3, 0.4) is 0 Å². The predicted molar refractivity (Wildman–Crippen MR) is 110 cm³/mol. The third-order valence-electron chi connectivity index (χ3n) is 4.28. The minimum absolute atomic E-state index is 0.217. The molecular formula is C21H26N6O2. The van der Waals surface area contributed by atoms with Gasteiger partial charge in [0.15, 0.2) is 12.3 Å². The quantitative estimate of drug-likeness (QED) is 0.281. The first-order valence-corrected chi connectivity index (χ1v) is 9.84. The second-order valence-electron chi connectivity index (χ2n) is 6.58. The van der Waals surface area contributed by atoms with Crippen molar-refractivity contribution in [2.45, 2.75) is 39.2 Å². The fourth-order valence-electron chi connectivity index (χ4n) is 2.74. The van der Waals surface area contributed by atoms with E-state index in [1.165, 1.54) is 19.3 Å². The van der Waals surface area contributed by atoms with Gasteiger partial charge in [-0.25, -0.2) is 9.67 Å². The summed E-state index contributed by atoms with van der Waals surface area (Å²) < 4.78 is 7.29. The number of pyridine rings is 1. The zero-order valence-corrected chi connectivity index (χ0v) is 16.9. The van der Waals surface area contributed by atoms with Crippen LogP contribution in [-0.4, -0.2) is 37.5 Å². The number of rotatable bonds is 11. The molecular weight excluding hydrogens is 368 g/mol. The Morgan fingerprint density at radius 1 is 1.03 bits per heavy atom. The van der Waals surface area contributed by atoms with E-state index in [4.69, 9.17) is 9.57 Å². The number of aromatic nitrogens is 5. The van der Waals surface area contributed by atoms with E-state index in [-0.39, 0.29) is 6.61 Å². The standard InChI is InChI=1S/C21H26N6O2/c1-3-4-5-9-15-28-19-14-10-13-18(22-19)16-29-24-20(17-11-7-6-8-12-17)21-23-25-26-27(21)2/h6-8,10-14H,3-5,9,15-16H2,1-2H3/b24-20+. The number of tetrazole rings is 1. The monoisotopic (exact) mass is 394 g/mol. The van der Waals surface area contributed by atoms with Crippen LogP contribution < -0.4 is 4.74 Å². The first-order chi connectivity index (χ1) is 14.3. The zero-order valence-electron chi connectivity index (χ0n) is 16.9. The molecule has 8 heteroatoms. The molecule has 29 heavy (non-hydrogen) atoms. The molecule has 0 radical (unpaired) electrons. The molecule has 0 N–H and O–H groups in total. The number of aryl methyl sites for hydroxylation is 1. The zero-order chi connectivity index (χ0) is 20.3. The van der Waals surface area contributed by atoms with Gasteiger partial charge >= 0.3 is 0 Å². The van der Waals surface area contributed by atoms with Crippen molar-refractivity contribution in [3.05, 3.63) is 65.6 Å². The molecule has 0 saturated carbocycles. The van der Waals surface area contributed by atoms with E-state index in [2.05, 4.69) is 32.6 Å². The first kappa shape index (κ1) is 20.4. The van der Waals surface area contributed by atoms with Crippen molar-refractivity contribution in [2.75, 3.05) is 6.61 Å². The van der Waals surface area contributed by atoms with Crippen LogP contribution in [0.1, 0.15) is 49.7 Å². The Kier molecular flexibility index (Phi) is 7.68. The highest BCUT2D eigenvalue weighted by Gasteiger charge is 2.14. The highest BCUT2D eigenvalue weighted by Crippen LogP contribution is 2.12. The number of ether oxygens (including phenoxy) is 1. The average Bonchev–Trinajstić information content (AvgIpc) is 3.17. The number of hydrogen-bond acceptors (Lipinski definition) is 7. The molecule has 0 atom stereocenters. The molecule has 3 rings (SSSR count). The van der Waals surface area contributed by atoms with Gasteiger partial charge in [-0.05, 0) is 22.9 Å². The van der Waals surface area contributed by atoms with Crippen LogP contribution in [0.15, 0.2) is 53.7 Å². The number of hydrogen-bond donors (Lipinski definition) is 0. The number of nitrogens with zero attached hydrogens (tertiary/aromatic N) is 6. The van der Waals surface area contributed by atoms with E-state index in [1.807, 2.05) is 48.5 Å². The summed E-state index contributed by atoms with van der Waals surface area (Å²) >= 11 is 0. The molecule has 0 aliphatic rings. The Bertz CT molecular complexity index is 910. The molecule has 0 unspecified atom stereocenters. The average molecular weight is 394 g/mol. The molecule has 152 valence electrons. The molecule has 8 nitrogen and oxygen atoms in total. The molecule has 0 aliphatic heterocycles.